The molecular weight excluding hydrogens is 1370 g/mol. The van der Waals surface area contributed by atoms with E-state index in [-0.39, 0.29) is 23.7 Å². The number of carbonyl (C=O) groups excluding carboxylic acids is 2. The lowest BCUT2D eigenvalue weighted by atomic mass is 9.90. The maximum atomic E-state index is 12.8. The molecule has 0 aromatic heterocycles. The molecule has 564 valence electrons. The molecule has 6 N–H and O–H groups in total. The van der Waals surface area contributed by atoms with Gasteiger partial charge in [0.2, 0.25) is 0 Å². The van der Waals surface area contributed by atoms with Gasteiger partial charge in [-0.1, -0.05) is 194 Å². The number of benzene rings is 8. The first-order chi connectivity index (χ1) is 50.5. The van der Waals surface area contributed by atoms with E-state index < -0.39 is 47.0 Å². The molecule has 0 radical (unpaired) electrons. The maximum absolute atomic E-state index is 12.8. The van der Waals surface area contributed by atoms with Crippen molar-refractivity contribution in [1.82, 2.24) is 10.6 Å². The zero-order chi connectivity index (χ0) is 76.9. The van der Waals surface area contributed by atoms with Crippen LogP contribution < -0.4 is 22.1 Å². The van der Waals surface area contributed by atoms with Crippen molar-refractivity contribution in [3.05, 3.63) is 305 Å². The number of nitrogens with one attached hydrogen (secondary N) is 2. The summed E-state index contributed by atoms with van der Waals surface area (Å²) in [7, 11) is 0. The lowest BCUT2D eigenvalue weighted by Crippen LogP contribution is -2.22. The summed E-state index contributed by atoms with van der Waals surface area (Å²) in [5.41, 5.74) is 25.7. The Labute approximate surface area is 616 Å². The number of allylic oxidation sites excluding steroid dienone is 4. The van der Waals surface area contributed by atoms with Crippen LogP contribution in [-0.4, -0.2) is 37.7 Å². The van der Waals surface area contributed by atoms with Crippen molar-refractivity contribution < 1.29 is 62.3 Å². The van der Waals surface area contributed by atoms with Crippen LogP contribution in [0.4, 0.5) is 52.7 Å². The molecule has 8 aromatic rings. The van der Waals surface area contributed by atoms with E-state index in [1.807, 2.05) is 24.3 Å². The molecule has 18 heteroatoms. The molecule has 4 aliphatic rings. The molecule has 0 fully saturated rings. The maximum Gasteiger partial charge on any atom is 0.416 e. The monoisotopic (exact) mass is 1470 g/mol. The quantitative estimate of drug-likeness (QED) is 0.0344. The minimum Gasteiger partial charge on any atom is -0.330 e. The number of Topliss-reactive ketones (excluding diaryl/α,β-unsaturated/α-hetero) is 2. The van der Waals surface area contributed by atoms with Crippen molar-refractivity contribution in [3.63, 3.8) is 0 Å². The van der Waals surface area contributed by atoms with Crippen LogP contribution in [0.1, 0.15) is 212 Å². The van der Waals surface area contributed by atoms with Gasteiger partial charge in [-0.05, 0) is 259 Å². The smallest absolute Gasteiger partial charge is 0.330 e. The molecule has 8 aromatic carbocycles. The first-order valence-corrected chi connectivity index (χ1v) is 36.2. The molecule has 0 aliphatic heterocycles. The Bertz CT molecular complexity index is 4190. The van der Waals surface area contributed by atoms with Crippen LogP contribution in [0.3, 0.4) is 0 Å². The Kier molecular flexibility index (Phi) is 32.8. The van der Waals surface area contributed by atoms with E-state index in [0.29, 0.717) is 62.7 Å². The second-order valence-electron chi connectivity index (χ2n) is 26.6. The number of nitrogens with two attached hydrogens (primary N) is 2. The second-order valence-corrected chi connectivity index (χ2v) is 26.6. The van der Waals surface area contributed by atoms with Gasteiger partial charge in [-0.2, -0.15) is 52.7 Å². The van der Waals surface area contributed by atoms with E-state index in [0.717, 1.165) is 129 Å². The predicted molar refractivity (Wildman–Crippen MR) is 405 cm³/mol. The molecule has 0 saturated carbocycles. The number of halogens is 12. The molecule has 0 amide bonds. The van der Waals surface area contributed by atoms with Gasteiger partial charge in [-0.25, -0.2) is 0 Å². The zero-order valence-electron chi connectivity index (χ0n) is 60.6. The number of alkyl halides is 12. The summed E-state index contributed by atoms with van der Waals surface area (Å²) in [5.74, 6) is 0.329. The largest absolute Gasteiger partial charge is 0.416 e. The average Bonchev–Trinajstić information content (AvgIpc) is 0.824. The number of ketones is 2. The molecule has 2 atom stereocenters. The summed E-state index contributed by atoms with van der Waals surface area (Å²) >= 11 is 0. The summed E-state index contributed by atoms with van der Waals surface area (Å²) in [4.78, 5) is 22.6. The van der Waals surface area contributed by atoms with Gasteiger partial charge in [-0.15, -0.1) is 0 Å². The molecule has 0 spiro atoms. The van der Waals surface area contributed by atoms with Crippen molar-refractivity contribution in [2.75, 3.05) is 26.2 Å². The Morgan fingerprint density at radius 2 is 0.708 bits per heavy atom. The van der Waals surface area contributed by atoms with Crippen molar-refractivity contribution in [2.24, 2.45) is 11.5 Å². The van der Waals surface area contributed by atoms with Crippen LogP contribution in [0, 0.1) is 0 Å². The highest BCUT2D eigenvalue weighted by molar-refractivity contribution is 5.98. The second kappa shape index (κ2) is 41.3. The lowest BCUT2D eigenvalue weighted by Gasteiger charge is -2.21. The summed E-state index contributed by atoms with van der Waals surface area (Å²) in [6.07, 6.45) is 14.2. The van der Waals surface area contributed by atoms with Gasteiger partial charge in [0.25, 0.3) is 0 Å². The van der Waals surface area contributed by atoms with E-state index in [9.17, 15) is 62.3 Å². The third-order valence-electron chi connectivity index (χ3n) is 18.6. The third kappa shape index (κ3) is 26.8. The lowest BCUT2D eigenvalue weighted by molar-refractivity contribution is -0.138. The molecule has 0 bridgehead atoms. The molecule has 106 heavy (non-hydrogen) atoms. The van der Waals surface area contributed by atoms with Crippen molar-refractivity contribution in [1.29, 1.82) is 0 Å². The van der Waals surface area contributed by atoms with E-state index in [1.54, 1.807) is 38.1 Å². The van der Waals surface area contributed by atoms with Crippen LogP contribution in [-0.2, 0) is 76.1 Å². The Balaban J connectivity index is 0.000000183. The minimum absolute atomic E-state index is 0.156. The number of rotatable bonds is 20. The third-order valence-corrected chi connectivity index (χ3v) is 18.6. The number of fused-ring (bicyclic) bond motifs is 4. The number of hydrogen-bond donors (Lipinski definition) is 4. The zero-order valence-corrected chi connectivity index (χ0v) is 60.6. The standard InChI is InChI=1S/2C22H24F3N.2C12H12O.2C10H12F3N/c2*1-16(20-13-5-10-18-9-2-3-12-21(18)20)26-14-6-8-17-7-4-11-19(15-17)22(23,24)25;2*1-9(13)11-8-4-6-10-5-2-3-7-12(10)11;2*11-10(12,13)9-5-1-3-8(7-9)4-2-6-14/h3-5,7,10-13,15-16,26H,2,6,8-9,14H2,1H3;2,4-5,7,9-11,13,15-16,26H,3,6,8,12,14H2,1H3;3-4,6-8H,2,5H2,1H3;2,4-6,8H,3,7H2,1H3;2*1,3,5,7H,2,4,6,14H2. The normalized spacial score (nSPS) is 13.8. The van der Waals surface area contributed by atoms with Gasteiger partial charge in [0.05, 0.1) is 22.3 Å². The number of carbonyl (C=O) groups is 2. The van der Waals surface area contributed by atoms with E-state index in [2.05, 4.69) is 122 Å². The van der Waals surface area contributed by atoms with Gasteiger partial charge >= 0.3 is 24.7 Å². The van der Waals surface area contributed by atoms with Crippen LogP contribution in [0.5, 0.6) is 0 Å². The summed E-state index contributed by atoms with van der Waals surface area (Å²) < 4.78 is 150. The minimum atomic E-state index is -4.28. The van der Waals surface area contributed by atoms with Crippen LogP contribution >= 0.6 is 0 Å². The van der Waals surface area contributed by atoms with Gasteiger partial charge in [0.15, 0.2) is 11.6 Å². The molecule has 2 unspecified atom stereocenters. The first kappa shape index (κ1) is 84.3. The fourth-order valence-electron chi connectivity index (χ4n) is 13.0. The van der Waals surface area contributed by atoms with Crippen molar-refractivity contribution in [3.8, 4) is 0 Å². The van der Waals surface area contributed by atoms with Crippen molar-refractivity contribution >= 4 is 35.9 Å². The fourth-order valence-corrected chi connectivity index (χ4v) is 13.0. The van der Waals surface area contributed by atoms with Crippen LogP contribution in [0.2, 0.25) is 0 Å². The topological polar surface area (TPSA) is 110 Å². The molecule has 0 heterocycles. The summed E-state index contributed by atoms with van der Waals surface area (Å²) in [5, 5.41) is 7.03. The Morgan fingerprint density at radius 3 is 1.14 bits per heavy atom. The van der Waals surface area contributed by atoms with E-state index >= 15 is 0 Å². The molecule has 6 nitrogen and oxygen atoms in total. The van der Waals surface area contributed by atoms with Gasteiger partial charge in [0.1, 0.15) is 0 Å². The molecule has 4 aliphatic carbocycles. The first-order valence-electron chi connectivity index (χ1n) is 36.2. The Hall–Kier alpha value is -8.94. The van der Waals surface area contributed by atoms with Crippen LogP contribution in [0.25, 0.3) is 24.3 Å². The van der Waals surface area contributed by atoms with Gasteiger partial charge < -0.3 is 22.1 Å². The van der Waals surface area contributed by atoms with Crippen molar-refractivity contribution in [2.45, 2.75) is 167 Å². The van der Waals surface area contributed by atoms with E-state index in [4.69, 9.17) is 11.5 Å². The highest BCUT2D eigenvalue weighted by Crippen LogP contribution is 2.35. The number of aryl methyl sites for hydroxylation is 6. The van der Waals surface area contributed by atoms with Gasteiger partial charge in [0, 0.05) is 23.2 Å². The van der Waals surface area contributed by atoms with Crippen LogP contribution in [0.15, 0.2) is 194 Å². The van der Waals surface area contributed by atoms with E-state index in [1.165, 1.54) is 98.6 Å². The number of hydrogen-bond acceptors (Lipinski definition) is 6. The fraction of sp³-hybridized carbons (Fsp3) is 0.341. The SMILES string of the molecule is CC(=O)c1cccc2c1C=CCC2.CC(=O)c1cccc2c1CCC=C2.CC(NCCCc1cccc(C(F)(F)F)c1)c1cccc2c1C=CCC2.CC(NCCCc1cccc(C(F)(F)F)c1)c1cccc2c1CCC=C2.NCCCc1cccc(C(F)(F)F)c1.NCCCc1cccc(C(F)(F)F)c1. The molecule has 12 rings (SSSR count). The molecule has 0 saturated heterocycles. The predicted octanol–water partition coefficient (Wildman–Crippen LogP) is 22.8. The summed E-state index contributed by atoms with van der Waals surface area (Å²) in [6, 6.07) is 47.2. The summed E-state index contributed by atoms with van der Waals surface area (Å²) in [6.45, 7) is 10.1. The van der Waals surface area contributed by atoms with Gasteiger partial charge in [-0.3, -0.25) is 9.59 Å². The highest BCUT2D eigenvalue weighted by Gasteiger charge is 2.33. The highest BCUT2D eigenvalue weighted by atomic mass is 19.4. The Morgan fingerprint density at radius 1 is 0.377 bits per heavy atom. The average molecular weight is 1470 g/mol. The molecular formula is C88H96F12N4O2.